The molecule has 0 saturated carbocycles. The minimum atomic E-state index is -1.06. The molecule has 7 nitrogen and oxygen atoms in total. The van der Waals surface area contributed by atoms with Gasteiger partial charge in [-0.2, -0.15) is 0 Å². The highest BCUT2D eigenvalue weighted by Gasteiger charge is 2.20. The summed E-state index contributed by atoms with van der Waals surface area (Å²) in [7, 11) is 3.23. The smallest absolute Gasteiger partial charge is 0.320 e. The average molecular weight is 367 g/mol. The number of carboxylic acid groups (broad SMARTS) is 1. The van der Waals surface area contributed by atoms with Gasteiger partial charge in [0.15, 0.2) is 0 Å². The third-order valence-electron chi connectivity index (χ3n) is 4.74. The fourth-order valence-corrected chi connectivity index (χ4v) is 3.14. The van der Waals surface area contributed by atoms with Crippen molar-refractivity contribution in [3.63, 3.8) is 0 Å². The molecule has 27 heavy (non-hydrogen) atoms. The van der Waals surface area contributed by atoms with Crippen LogP contribution in [0, 0.1) is 6.92 Å². The first-order chi connectivity index (χ1) is 12.8. The van der Waals surface area contributed by atoms with E-state index in [-0.39, 0.29) is 12.0 Å². The number of carbonyl (C=O) groups is 1. The van der Waals surface area contributed by atoms with E-state index >= 15 is 0 Å². The summed E-state index contributed by atoms with van der Waals surface area (Å²) in [5.41, 5.74) is 8.72. The Kier molecular flexibility index (Phi) is 4.96. The Morgan fingerprint density at radius 2 is 2.11 bits per heavy atom. The molecule has 7 heteroatoms. The first-order valence-corrected chi connectivity index (χ1v) is 8.45. The normalized spacial score (nSPS) is 12.1. The number of aryl methyl sites for hydroxylation is 1. The van der Waals surface area contributed by atoms with Gasteiger partial charge in [-0.3, -0.25) is 14.6 Å². The topological polar surface area (TPSA) is 107 Å². The number of nitrogens with zero attached hydrogens (tertiary/aromatic N) is 2. The number of aliphatic carboxylic acids is 1. The monoisotopic (exact) mass is 367 g/mol. The zero-order valence-electron chi connectivity index (χ0n) is 15.4. The first kappa shape index (κ1) is 18.6. The van der Waals surface area contributed by atoms with Gasteiger partial charge in [-0.05, 0) is 25.0 Å². The lowest BCUT2D eigenvalue weighted by Crippen LogP contribution is -2.32. The zero-order valence-corrected chi connectivity index (χ0v) is 15.4. The number of fused-ring (bicyclic) bond motifs is 1. The summed E-state index contributed by atoms with van der Waals surface area (Å²) in [6, 6.07) is 7.97. The summed E-state index contributed by atoms with van der Waals surface area (Å²) in [6.45, 7) is 1.83. The van der Waals surface area contributed by atoms with Crippen LogP contribution in [0.2, 0.25) is 0 Å². The van der Waals surface area contributed by atoms with E-state index < -0.39 is 12.0 Å². The van der Waals surface area contributed by atoms with Gasteiger partial charge in [0.1, 0.15) is 11.8 Å². The van der Waals surface area contributed by atoms with Gasteiger partial charge in [0.2, 0.25) is 0 Å². The second-order valence-electron chi connectivity index (χ2n) is 6.41. The number of ether oxygens (including phenoxy) is 1. The van der Waals surface area contributed by atoms with Gasteiger partial charge in [-0.15, -0.1) is 0 Å². The number of benzene rings is 1. The number of aromatic nitrogens is 2. The van der Waals surface area contributed by atoms with Crippen molar-refractivity contribution in [2.24, 2.45) is 12.8 Å². The van der Waals surface area contributed by atoms with E-state index in [2.05, 4.69) is 4.98 Å². The maximum atomic E-state index is 12.9. The molecule has 0 radical (unpaired) electrons. The van der Waals surface area contributed by atoms with Gasteiger partial charge >= 0.3 is 5.97 Å². The molecule has 3 rings (SSSR count). The third kappa shape index (κ3) is 3.29. The molecule has 0 aliphatic rings. The molecule has 0 aliphatic carbocycles. The van der Waals surface area contributed by atoms with E-state index in [0.717, 1.165) is 16.6 Å². The molecular formula is C20H21N3O4. The van der Waals surface area contributed by atoms with Crippen LogP contribution in [0.5, 0.6) is 5.75 Å². The van der Waals surface area contributed by atoms with Crippen LogP contribution in [-0.4, -0.2) is 33.8 Å². The zero-order chi connectivity index (χ0) is 19.7. The maximum Gasteiger partial charge on any atom is 0.320 e. The molecule has 3 N–H and O–H groups in total. The Bertz CT molecular complexity index is 1090. The minimum absolute atomic E-state index is 0.168. The largest absolute Gasteiger partial charge is 0.496 e. The molecule has 0 bridgehead atoms. The van der Waals surface area contributed by atoms with Crippen LogP contribution in [0.3, 0.4) is 0 Å². The molecule has 0 amide bonds. The molecule has 1 aromatic carbocycles. The van der Waals surface area contributed by atoms with E-state index in [1.54, 1.807) is 42.1 Å². The van der Waals surface area contributed by atoms with Crippen molar-refractivity contribution in [1.82, 2.24) is 9.55 Å². The number of hydrogen-bond donors (Lipinski definition) is 2. The van der Waals surface area contributed by atoms with Crippen molar-refractivity contribution in [3.8, 4) is 16.9 Å². The predicted molar refractivity (Wildman–Crippen MR) is 103 cm³/mol. The molecular weight excluding hydrogens is 346 g/mol. The second-order valence-corrected chi connectivity index (χ2v) is 6.41. The van der Waals surface area contributed by atoms with Crippen LogP contribution in [0.4, 0.5) is 0 Å². The number of pyridine rings is 2. The summed E-state index contributed by atoms with van der Waals surface area (Å²) < 4.78 is 7.01. The summed E-state index contributed by atoms with van der Waals surface area (Å²) in [6.07, 6.45) is 1.80. The van der Waals surface area contributed by atoms with Gasteiger partial charge in [-0.1, -0.05) is 18.2 Å². The summed E-state index contributed by atoms with van der Waals surface area (Å²) >= 11 is 0. The lowest BCUT2D eigenvalue weighted by molar-refractivity contribution is -0.138. The molecule has 0 spiro atoms. The Morgan fingerprint density at radius 1 is 1.37 bits per heavy atom. The van der Waals surface area contributed by atoms with Crippen molar-refractivity contribution >= 4 is 16.9 Å². The molecule has 0 unspecified atom stereocenters. The Hall–Kier alpha value is -3.19. The number of nitrogens with two attached hydrogens (primary N) is 1. The minimum Gasteiger partial charge on any atom is -0.496 e. The number of methoxy groups -OCH3 is 1. The van der Waals surface area contributed by atoms with Crippen LogP contribution in [0.1, 0.15) is 11.3 Å². The van der Waals surface area contributed by atoms with E-state index in [9.17, 15) is 9.59 Å². The van der Waals surface area contributed by atoms with Crippen molar-refractivity contribution in [3.05, 3.63) is 58.1 Å². The highest BCUT2D eigenvalue weighted by atomic mass is 16.5. The van der Waals surface area contributed by atoms with Crippen LogP contribution >= 0.6 is 0 Å². The van der Waals surface area contributed by atoms with Crippen LogP contribution in [0.25, 0.3) is 22.0 Å². The van der Waals surface area contributed by atoms with Gasteiger partial charge in [0.25, 0.3) is 5.56 Å². The van der Waals surface area contributed by atoms with Gasteiger partial charge < -0.3 is 20.1 Å². The number of rotatable bonds is 5. The Labute approximate surface area is 156 Å². The lowest BCUT2D eigenvalue weighted by atomic mass is 9.95. The maximum absolute atomic E-state index is 12.9. The molecule has 1 atom stereocenters. The SMILES string of the molecule is COc1cc(C)n(C)c(=O)c1-c1ccc(C[C@H](N)C(=O)O)c2cccnc12. The summed E-state index contributed by atoms with van der Waals surface area (Å²) in [4.78, 5) is 28.5. The Balaban J connectivity index is 2.29. The molecule has 0 aliphatic heterocycles. The van der Waals surface area contributed by atoms with Crippen molar-refractivity contribution in [2.75, 3.05) is 7.11 Å². The van der Waals surface area contributed by atoms with Crippen LogP contribution in [-0.2, 0) is 18.3 Å². The highest BCUT2D eigenvalue weighted by molar-refractivity contribution is 5.97. The first-order valence-electron chi connectivity index (χ1n) is 8.45. The molecule has 0 saturated heterocycles. The molecule has 2 heterocycles. The van der Waals surface area contributed by atoms with E-state index in [1.807, 2.05) is 13.0 Å². The van der Waals surface area contributed by atoms with Crippen LogP contribution in [0.15, 0.2) is 41.3 Å². The molecule has 3 aromatic rings. The molecule has 140 valence electrons. The van der Waals surface area contributed by atoms with E-state index in [1.165, 1.54) is 7.11 Å². The average Bonchev–Trinajstić information content (AvgIpc) is 2.66. The van der Waals surface area contributed by atoms with Crippen molar-refractivity contribution in [2.45, 2.75) is 19.4 Å². The lowest BCUT2D eigenvalue weighted by Gasteiger charge is -2.16. The fraction of sp³-hybridized carbons (Fsp3) is 0.250. The third-order valence-corrected chi connectivity index (χ3v) is 4.74. The van der Waals surface area contributed by atoms with E-state index in [4.69, 9.17) is 15.6 Å². The highest BCUT2D eigenvalue weighted by Crippen LogP contribution is 2.33. The summed E-state index contributed by atoms with van der Waals surface area (Å²) in [5, 5.41) is 9.87. The standard InChI is InChI=1S/C20H21N3O4/c1-11-9-16(27-3)17(19(24)23(11)2)14-7-6-12(10-15(21)20(25)26)13-5-4-8-22-18(13)14/h4-9,15H,10,21H2,1-3H3,(H,25,26)/t15-/m0/s1. The second kappa shape index (κ2) is 7.20. The van der Waals surface area contributed by atoms with Crippen molar-refractivity contribution < 1.29 is 14.6 Å². The van der Waals surface area contributed by atoms with Gasteiger partial charge in [0, 0.05) is 36.0 Å². The van der Waals surface area contributed by atoms with Crippen LogP contribution < -0.4 is 16.0 Å². The fourth-order valence-electron chi connectivity index (χ4n) is 3.14. The number of carboxylic acids is 1. The molecule has 0 fully saturated rings. The van der Waals surface area contributed by atoms with Crippen molar-refractivity contribution in [1.29, 1.82) is 0 Å². The summed E-state index contributed by atoms with van der Waals surface area (Å²) in [5.74, 6) is -0.595. The van der Waals surface area contributed by atoms with Gasteiger partial charge in [0.05, 0.1) is 18.2 Å². The Morgan fingerprint density at radius 3 is 2.78 bits per heavy atom. The predicted octanol–water partition coefficient (Wildman–Crippen LogP) is 1.87. The number of hydrogen-bond acceptors (Lipinski definition) is 5. The quantitative estimate of drug-likeness (QED) is 0.713. The van der Waals surface area contributed by atoms with Gasteiger partial charge in [-0.25, -0.2) is 0 Å². The van der Waals surface area contributed by atoms with E-state index in [0.29, 0.717) is 22.4 Å². The molecule has 2 aromatic heterocycles.